The Morgan fingerprint density at radius 2 is 2.08 bits per heavy atom. The maximum absolute atomic E-state index is 12.5. The molecule has 0 spiro atoms. The molecule has 3 nitrogen and oxygen atoms in total. The van der Waals surface area contributed by atoms with Crippen LogP contribution in [0, 0.1) is 18.3 Å². The highest BCUT2D eigenvalue weighted by molar-refractivity contribution is 5.85. The van der Waals surface area contributed by atoms with Gasteiger partial charge in [-0.25, -0.2) is 4.98 Å². The van der Waals surface area contributed by atoms with Gasteiger partial charge < -0.3 is 11.1 Å². The number of nitrogens with two attached hydrogens (primary N) is 1. The number of hydrogen-bond acceptors (Lipinski definition) is 3. The zero-order valence-electron chi connectivity index (χ0n) is 8.06. The zero-order chi connectivity index (χ0) is 10.4. The molecule has 0 amide bonds. The molecule has 13 heavy (non-hydrogen) atoms. The minimum atomic E-state index is -0.602. The highest BCUT2D eigenvalue weighted by Gasteiger charge is 2.03. The van der Waals surface area contributed by atoms with Crippen molar-refractivity contribution in [1.82, 2.24) is 4.98 Å². The first kappa shape index (κ1) is 11.6. The van der Waals surface area contributed by atoms with Gasteiger partial charge in [-0.05, 0) is 6.92 Å². The monoisotopic (exact) mass is 183 g/mol. The average molecular weight is 183 g/mol. The van der Waals surface area contributed by atoms with Crippen LogP contribution in [0.2, 0.25) is 0 Å². The molecule has 3 N–H and O–H groups in total. The smallest absolute Gasteiger partial charge is 0.213 e. The van der Waals surface area contributed by atoms with E-state index >= 15 is 0 Å². The number of nitrogens with one attached hydrogen (secondary N) is 1. The summed E-state index contributed by atoms with van der Waals surface area (Å²) >= 11 is 0. The van der Waals surface area contributed by atoms with Crippen molar-refractivity contribution >= 4 is 11.9 Å². The summed E-state index contributed by atoms with van der Waals surface area (Å²) in [7, 11) is 0. The van der Waals surface area contributed by atoms with Gasteiger partial charge in [-0.2, -0.15) is 4.39 Å². The lowest BCUT2D eigenvalue weighted by Crippen LogP contribution is -2.00. The van der Waals surface area contributed by atoms with Gasteiger partial charge in [0.25, 0.3) is 0 Å². The molecule has 0 atom stereocenters. The third kappa shape index (κ3) is 2.82. The summed E-state index contributed by atoms with van der Waals surface area (Å²) in [6.07, 6.45) is 1.01. The number of hydrogen-bond donors (Lipinski definition) is 2. The minimum Gasteiger partial charge on any atom is -0.397 e. The number of anilines is 1. The molecule has 0 radical (unpaired) electrons. The van der Waals surface area contributed by atoms with Crippen LogP contribution in [-0.2, 0) is 0 Å². The first-order valence-electron chi connectivity index (χ1n) is 4.08. The quantitative estimate of drug-likeness (QED) is 0.517. The van der Waals surface area contributed by atoms with Crippen LogP contribution in [-0.4, -0.2) is 11.2 Å². The Labute approximate surface area is 77.3 Å². The highest BCUT2D eigenvalue weighted by atomic mass is 19.1. The van der Waals surface area contributed by atoms with E-state index in [4.69, 9.17) is 11.1 Å². The fourth-order valence-corrected chi connectivity index (χ4v) is 0.787. The van der Waals surface area contributed by atoms with E-state index in [1.807, 2.05) is 13.8 Å². The SMILES string of the molecule is CC.Cc1nc(F)cc(C=N)c1N. The van der Waals surface area contributed by atoms with Crippen molar-refractivity contribution in [2.45, 2.75) is 20.8 Å². The lowest BCUT2D eigenvalue weighted by Gasteiger charge is -2.01. The van der Waals surface area contributed by atoms with Crippen molar-refractivity contribution in [3.63, 3.8) is 0 Å². The molecule has 0 aliphatic heterocycles. The van der Waals surface area contributed by atoms with Gasteiger partial charge in [0.05, 0.1) is 11.4 Å². The number of aromatic nitrogens is 1. The molecule has 0 bridgehead atoms. The molecular weight excluding hydrogens is 169 g/mol. The van der Waals surface area contributed by atoms with Gasteiger partial charge in [0.15, 0.2) is 0 Å². The standard InChI is InChI=1S/C7H8FN3.C2H6/c1-4-7(10)5(3-9)2-6(8)11-4;1-2/h2-3,9H,10H2,1H3;1-2H3. The highest BCUT2D eigenvalue weighted by Crippen LogP contribution is 2.13. The molecule has 0 aliphatic rings. The van der Waals surface area contributed by atoms with Crippen LogP contribution in [0.15, 0.2) is 6.07 Å². The maximum Gasteiger partial charge on any atom is 0.213 e. The van der Waals surface area contributed by atoms with Crippen LogP contribution in [0.1, 0.15) is 25.1 Å². The van der Waals surface area contributed by atoms with Gasteiger partial charge in [0, 0.05) is 17.8 Å². The molecule has 1 rings (SSSR count). The van der Waals surface area contributed by atoms with Crippen molar-refractivity contribution in [2.24, 2.45) is 0 Å². The van der Waals surface area contributed by atoms with Gasteiger partial charge in [-0.3, -0.25) is 0 Å². The number of halogens is 1. The Hall–Kier alpha value is -1.45. The van der Waals surface area contributed by atoms with E-state index in [2.05, 4.69) is 4.98 Å². The first-order valence-corrected chi connectivity index (χ1v) is 4.08. The van der Waals surface area contributed by atoms with Gasteiger partial charge >= 0.3 is 0 Å². The average Bonchev–Trinajstić information content (AvgIpc) is 2.14. The van der Waals surface area contributed by atoms with Crippen molar-refractivity contribution in [3.05, 3.63) is 23.3 Å². The van der Waals surface area contributed by atoms with Gasteiger partial charge in [-0.1, -0.05) is 13.8 Å². The van der Waals surface area contributed by atoms with Crippen LogP contribution in [0.4, 0.5) is 10.1 Å². The Morgan fingerprint density at radius 1 is 1.54 bits per heavy atom. The second kappa shape index (κ2) is 5.24. The molecule has 1 aromatic heterocycles. The number of pyridine rings is 1. The summed E-state index contributed by atoms with van der Waals surface area (Å²) in [5.74, 6) is -0.602. The third-order valence-corrected chi connectivity index (χ3v) is 1.41. The number of nitrogens with zero attached hydrogens (tertiary/aromatic N) is 1. The van der Waals surface area contributed by atoms with Crippen molar-refractivity contribution in [2.75, 3.05) is 5.73 Å². The van der Waals surface area contributed by atoms with Crippen LogP contribution in [0.25, 0.3) is 0 Å². The van der Waals surface area contributed by atoms with E-state index in [1.54, 1.807) is 6.92 Å². The number of nitrogen functional groups attached to an aromatic ring is 1. The maximum atomic E-state index is 12.5. The molecule has 1 aromatic rings. The summed E-state index contributed by atoms with van der Waals surface area (Å²) in [6, 6.07) is 1.13. The normalized spacial score (nSPS) is 8.62. The van der Waals surface area contributed by atoms with Crippen LogP contribution >= 0.6 is 0 Å². The summed E-state index contributed by atoms with van der Waals surface area (Å²) < 4.78 is 12.5. The molecule has 0 aliphatic carbocycles. The Kier molecular flexibility index (Phi) is 4.66. The van der Waals surface area contributed by atoms with Crippen molar-refractivity contribution in [1.29, 1.82) is 5.41 Å². The molecule has 0 fully saturated rings. The van der Waals surface area contributed by atoms with Gasteiger partial charge in [0.1, 0.15) is 0 Å². The van der Waals surface area contributed by atoms with Crippen molar-refractivity contribution in [3.8, 4) is 0 Å². The summed E-state index contributed by atoms with van der Waals surface area (Å²) in [5, 5.41) is 6.88. The summed E-state index contributed by atoms with van der Waals surface area (Å²) in [5.41, 5.74) is 6.63. The summed E-state index contributed by atoms with van der Waals surface area (Å²) in [4.78, 5) is 3.49. The van der Waals surface area contributed by atoms with E-state index < -0.39 is 5.95 Å². The Bertz CT molecular complexity index is 297. The molecule has 0 saturated heterocycles. The first-order chi connectivity index (χ1) is 6.15. The predicted molar refractivity (Wildman–Crippen MR) is 52.6 cm³/mol. The van der Waals surface area contributed by atoms with Gasteiger partial charge in [-0.15, -0.1) is 0 Å². The number of rotatable bonds is 1. The minimum absolute atomic E-state index is 0.362. The zero-order valence-corrected chi connectivity index (χ0v) is 8.06. The Morgan fingerprint density at radius 3 is 2.54 bits per heavy atom. The molecule has 0 aromatic carbocycles. The fourth-order valence-electron chi connectivity index (χ4n) is 0.787. The fraction of sp³-hybridized carbons (Fsp3) is 0.333. The molecule has 1 heterocycles. The molecule has 72 valence electrons. The van der Waals surface area contributed by atoms with Crippen LogP contribution in [0.5, 0.6) is 0 Å². The lowest BCUT2D eigenvalue weighted by atomic mass is 10.2. The molecule has 0 saturated carbocycles. The molecule has 0 unspecified atom stereocenters. The van der Waals surface area contributed by atoms with Crippen LogP contribution < -0.4 is 5.73 Å². The summed E-state index contributed by atoms with van der Waals surface area (Å²) in [6.45, 7) is 5.60. The van der Waals surface area contributed by atoms with E-state index in [0.29, 0.717) is 16.9 Å². The van der Waals surface area contributed by atoms with Gasteiger partial charge in [0.2, 0.25) is 5.95 Å². The second-order valence-electron chi connectivity index (χ2n) is 2.18. The largest absolute Gasteiger partial charge is 0.397 e. The van der Waals surface area contributed by atoms with E-state index in [-0.39, 0.29) is 0 Å². The van der Waals surface area contributed by atoms with E-state index in [0.717, 1.165) is 12.3 Å². The lowest BCUT2D eigenvalue weighted by molar-refractivity contribution is 0.580. The van der Waals surface area contributed by atoms with E-state index in [1.165, 1.54) is 0 Å². The van der Waals surface area contributed by atoms with Crippen LogP contribution in [0.3, 0.4) is 0 Å². The molecule has 4 heteroatoms. The Balaban J connectivity index is 0.000000671. The molecular formula is C9H14FN3. The predicted octanol–water partition coefficient (Wildman–Crippen LogP) is 2.14. The third-order valence-electron chi connectivity index (χ3n) is 1.41. The van der Waals surface area contributed by atoms with Crippen molar-refractivity contribution < 1.29 is 4.39 Å². The number of aryl methyl sites for hydroxylation is 1. The second-order valence-corrected chi connectivity index (χ2v) is 2.18. The van der Waals surface area contributed by atoms with E-state index in [9.17, 15) is 4.39 Å². The topological polar surface area (TPSA) is 62.8 Å².